The van der Waals surface area contributed by atoms with Crippen LogP contribution in [0.15, 0.2) is 30.3 Å². The van der Waals surface area contributed by atoms with E-state index in [0.29, 0.717) is 6.04 Å². The van der Waals surface area contributed by atoms with Crippen LogP contribution in [0.4, 0.5) is 0 Å². The minimum Gasteiger partial charge on any atom is -0.396 e. The number of likely N-dealkylation sites (tertiary alicyclic amines) is 1. The molecule has 104 valence electrons. The molecular formula is C15H22N2O2. The van der Waals surface area contributed by atoms with Crippen LogP contribution < -0.4 is 5.32 Å². The minimum atomic E-state index is 0.120. The first-order valence-corrected chi connectivity index (χ1v) is 7.00. The van der Waals surface area contributed by atoms with E-state index in [2.05, 4.69) is 5.32 Å². The fourth-order valence-corrected chi connectivity index (χ4v) is 2.48. The van der Waals surface area contributed by atoms with Gasteiger partial charge in [0.2, 0.25) is 0 Å². The molecule has 1 aromatic rings. The highest BCUT2D eigenvalue weighted by molar-refractivity contribution is 5.94. The molecule has 1 aliphatic rings. The summed E-state index contributed by atoms with van der Waals surface area (Å²) in [6.45, 7) is 2.63. The van der Waals surface area contributed by atoms with Crippen molar-refractivity contribution in [1.29, 1.82) is 0 Å². The maximum absolute atomic E-state index is 12.3. The zero-order chi connectivity index (χ0) is 13.5. The molecule has 0 aliphatic carbocycles. The van der Waals surface area contributed by atoms with Crippen LogP contribution in [0.1, 0.15) is 29.6 Å². The first kappa shape index (κ1) is 14.0. The average Bonchev–Trinajstić information content (AvgIpc) is 2.48. The number of carbonyl (C=O) groups excluding carboxylic acids is 1. The van der Waals surface area contributed by atoms with Crippen LogP contribution in [0.25, 0.3) is 0 Å². The number of amides is 1. The molecule has 1 aliphatic heterocycles. The van der Waals surface area contributed by atoms with Crippen molar-refractivity contribution in [1.82, 2.24) is 10.2 Å². The molecule has 1 aromatic carbocycles. The lowest BCUT2D eigenvalue weighted by Gasteiger charge is -2.33. The van der Waals surface area contributed by atoms with Crippen molar-refractivity contribution in [3.05, 3.63) is 35.9 Å². The lowest BCUT2D eigenvalue weighted by Crippen LogP contribution is -2.48. The van der Waals surface area contributed by atoms with Crippen LogP contribution in [0.3, 0.4) is 0 Å². The number of hydrogen-bond acceptors (Lipinski definition) is 3. The standard InChI is InChI=1S/C15H22N2O2/c18-11-5-9-16-14-8-4-10-17(12-14)15(19)13-6-2-1-3-7-13/h1-3,6-7,14,16,18H,4-5,8-12H2. The molecule has 4 nitrogen and oxygen atoms in total. The zero-order valence-electron chi connectivity index (χ0n) is 11.2. The highest BCUT2D eigenvalue weighted by Crippen LogP contribution is 2.13. The summed E-state index contributed by atoms with van der Waals surface area (Å²) in [6.07, 6.45) is 2.91. The van der Waals surface area contributed by atoms with E-state index in [4.69, 9.17) is 5.11 Å². The molecule has 0 radical (unpaired) electrons. The van der Waals surface area contributed by atoms with Gasteiger partial charge in [-0.15, -0.1) is 0 Å². The Kier molecular flexibility index (Phi) is 5.36. The monoisotopic (exact) mass is 262 g/mol. The maximum atomic E-state index is 12.3. The Hall–Kier alpha value is -1.39. The molecule has 0 aromatic heterocycles. The van der Waals surface area contributed by atoms with Crippen LogP contribution in [-0.4, -0.2) is 48.2 Å². The molecule has 0 bridgehead atoms. The molecule has 1 fully saturated rings. The Morgan fingerprint density at radius 3 is 2.89 bits per heavy atom. The number of aliphatic hydroxyl groups excluding tert-OH is 1. The van der Waals surface area contributed by atoms with Crippen LogP contribution >= 0.6 is 0 Å². The molecule has 1 unspecified atom stereocenters. The molecule has 4 heteroatoms. The number of carbonyl (C=O) groups is 1. The molecule has 1 amide bonds. The molecule has 2 N–H and O–H groups in total. The molecule has 0 spiro atoms. The smallest absolute Gasteiger partial charge is 0.253 e. The van der Waals surface area contributed by atoms with Gasteiger partial charge < -0.3 is 15.3 Å². The van der Waals surface area contributed by atoms with Gasteiger partial charge in [0.05, 0.1) is 0 Å². The Balaban J connectivity index is 1.88. The molecule has 2 rings (SSSR count). The fourth-order valence-electron chi connectivity index (χ4n) is 2.48. The number of nitrogens with zero attached hydrogens (tertiary/aromatic N) is 1. The predicted octanol–water partition coefficient (Wildman–Crippen LogP) is 1.26. The summed E-state index contributed by atoms with van der Waals surface area (Å²) < 4.78 is 0. The summed E-state index contributed by atoms with van der Waals surface area (Å²) in [6, 6.07) is 9.80. The molecule has 1 atom stereocenters. The van der Waals surface area contributed by atoms with Gasteiger partial charge in [-0.2, -0.15) is 0 Å². The zero-order valence-corrected chi connectivity index (χ0v) is 11.2. The molecule has 1 heterocycles. The molecular weight excluding hydrogens is 240 g/mol. The average molecular weight is 262 g/mol. The SMILES string of the molecule is O=C(c1ccccc1)N1CCCC(NCCCO)C1. The van der Waals surface area contributed by atoms with E-state index < -0.39 is 0 Å². The van der Waals surface area contributed by atoms with E-state index in [1.165, 1.54) is 0 Å². The number of aliphatic hydroxyl groups is 1. The van der Waals surface area contributed by atoms with Crippen LogP contribution in [-0.2, 0) is 0 Å². The Morgan fingerprint density at radius 2 is 2.16 bits per heavy atom. The summed E-state index contributed by atoms with van der Waals surface area (Å²) in [4.78, 5) is 14.3. The fraction of sp³-hybridized carbons (Fsp3) is 0.533. The molecule has 19 heavy (non-hydrogen) atoms. The molecule has 1 saturated heterocycles. The van der Waals surface area contributed by atoms with Gasteiger partial charge in [-0.25, -0.2) is 0 Å². The van der Waals surface area contributed by atoms with Crippen LogP contribution in [0, 0.1) is 0 Å². The van der Waals surface area contributed by atoms with E-state index in [0.717, 1.165) is 44.5 Å². The van der Waals surface area contributed by atoms with Crippen molar-refractivity contribution in [3.8, 4) is 0 Å². The number of hydrogen-bond donors (Lipinski definition) is 2. The highest BCUT2D eigenvalue weighted by atomic mass is 16.3. The lowest BCUT2D eigenvalue weighted by atomic mass is 10.0. The van der Waals surface area contributed by atoms with Crippen molar-refractivity contribution in [2.75, 3.05) is 26.2 Å². The molecule has 0 saturated carbocycles. The normalized spacial score (nSPS) is 19.4. The highest BCUT2D eigenvalue weighted by Gasteiger charge is 2.23. The quantitative estimate of drug-likeness (QED) is 0.786. The second-order valence-corrected chi connectivity index (χ2v) is 4.99. The van der Waals surface area contributed by atoms with Gasteiger partial charge in [0.25, 0.3) is 5.91 Å². The Bertz CT molecular complexity index is 394. The number of nitrogens with one attached hydrogen (secondary N) is 1. The lowest BCUT2D eigenvalue weighted by molar-refractivity contribution is 0.0694. The van der Waals surface area contributed by atoms with Gasteiger partial charge in [-0.3, -0.25) is 4.79 Å². The second-order valence-electron chi connectivity index (χ2n) is 4.99. The summed E-state index contributed by atoms with van der Waals surface area (Å²) in [5.41, 5.74) is 0.763. The maximum Gasteiger partial charge on any atom is 0.253 e. The summed E-state index contributed by atoms with van der Waals surface area (Å²) >= 11 is 0. The summed E-state index contributed by atoms with van der Waals surface area (Å²) in [5, 5.41) is 12.2. The van der Waals surface area contributed by atoms with E-state index in [-0.39, 0.29) is 12.5 Å². The minimum absolute atomic E-state index is 0.120. The third kappa shape index (κ3) is 4.04. The third-order valence-corrected chi connectivity index (χ3v) is 3.50. The Morgan fingerprint density at radius 1 is 1.37 bits per heavy atom. The van der Waals surface area contributed by atoms with Crippen LogP contribution in [0.2, 0.25) is 0 Å². The van der Waals surface area contributed by atoms with Crippen LogP contribution in [0.5, 0.6) is 0 Å². The van der Waals surface area contributed by atoms with E-state index >= 15 is 0 Å². The van der Waals surface area contributed by atoms with E-state index in [9.17, 15) is 4.79 Å². The second kappa shape index (κ2) is 7.26. The third-order valence-electron chi connectivity index (χ3n) is 3.50. The van der Waals surface area contributed by atoms with Gasteiger partial charge >= 0.3 is 0 Å². The van der Waals surface area contributed by atoms with E-state index in [1.807, 2.05) is 35.2 Å². The van der Waals surface area contributed by atoms with Crippen molar-refractivity contribution in [2.24, 2.45) is 0 Å². The first-order chi connectivity index (χ1) is 9.31. The first-order valence-electron chi connectivity index (χ1n) is 7.00. The summed E-state index contributed by atoms with van der Waals surface area (Å²) in [7, 11) is 0. The number of piperidine rings is 1. The van der Waals surface area contributed by atoms with Crippen molar-refractivity contribution >= 4 is 5.91 Å². The number of benzene rings is 1. The van der Waals surface area contributed by atoms with Gasteiger partial charge in [0.15, 0.2) is 0 Å². The van der Waals surface area contributed by atoms with Crippen molar-refractivity contribution in [2.45, 2.75) is 25.3 Å². The largest absolute Gasteiger partial charge is 0.396 e. The van der Waals surface area contributed by atoms with Gasteiger partial charge in [0.1, 0.15) is 0 Å². The predicted molar refractivity (Wildman–Crippen MR) is 75.1 cm³/mol. The van der Waals surface area contributed by atoms with Crippen molar-refractivity contribution < 1.29 is 9.90 Å². The van der Waals surface area contributed by atoms with Gasteiger partial charge in [0, 0.05) is 31.3 Å². The van der Waals surface area contributed by atoms with Gasteiger partial charge in [-0.1, -0.05) is 18.2 Å². The van der Waals surface area contributed by atoms with Gasteiger partial charge in [-0.05, 0) is 37.9 Å². The van der Waals surface area contributed by atoms with E-state index in [1.54, 1.807) is 0 Å². The topological polar surface area (TPSA) is 52.6 Å². The Labute approximate surface area is 114 Å². The van der Waals surface area contributed by atoms with Crippen molar-refractivity contribution in [3.63, 3.8) is 0 Å². The summed E-state index contributed by atoms with van der Waals surface area (Å²) in [5.74, 6) is 0.120. The number of rotatable bonds is 5.